The minimum absolute atomic E-state index is 0.0118. The molecule has 0 heterocycles. The maximum Gasteiger partial charge on any atom is 0.244 e. The molecule has 21 heavy (non-hydrogen) atoms. The number of primary amides is 1. The molecule has 0 aliphatic carbocycles. The van der Waals surface area contributed by atoms with E-state index in [0.29, 0.717) is 15.2 Å². The van der Waals surface area contributed by atoms with Crippen LogP contribution in [0.4, 0.5) is 10.1 Å². The van der Waals surface area contributed by atoms with E-state index in [4.69, 9.17) is 28.9 Å². The van der Waals surface area contributed by atoms with Gasteiger partial charge in [0.2, 0.25) is 5.91 Å². The molecular formula is C14H10BrCl2FN2O. The summed E-state index contributed by atoms with van der Waals surface area (Å²) < 4.78 is 14.6. The highest BCUT2D eigenvalue weighted by Crippen LogP contribution is 2.31. The molecule has 0 fully saturated rings. The number of carbonyl (C=O) groups is 1. The molecule has 0 aliphatic rings. The number of hydrogen-bond acceptors (Lipinski definition) is 2. The summed E-state index contributed by atoms with van der Waals surface area (Å²) in [6.07, 6.45) is 0. The smallest absolute Gasteiger partial charge is 0.244 e. The van der Waals surface area contributed by atoms with Crippen LogP contribution in [-0.2, 0) is 4.79 Å². The van der Waals surface area contributed by atoms with Gasteiger partial charge in [0, 0.05) is 20.7 Å². The lowest BCUT2D eigenvalue weighted by Gasteiger charge is -2.19. The molecule has 3 N–H and O–H groups in total. The first kappa shape index (κ1) is 16.1. The van der Waals surface area contributed by atoms with Gasteiger partial charge in [0.05, 0.1) is 5.02 Å². The van der Waals surface area contributed by atoms with Crippen molar-refractivity contribution < 1.29 is 9.18 Å². The Kier molecular flexibility index (Phi) is 5.08. The van der Waals surface area contributed by atoms with Crippen molar-refractivity contribution >= 4 is 50.7 Å². The van der Waals surface area contributed by atoms with E-state index < -0.39 is 17.8 Å². The third-order valence-electron chi connectivity index (χ3n) is 2.80. The van der Waals surface area contributed by atoms with E-state index in [0.717, 1.165) is 0 Å². The summed E-state index contributed by atoms with van der Waals surface area (Å²) >= 11 is 15.1. The highest BCUT2D eigenvalue weighted by atomic mass is 79.9. The number of anilines is 1. The lowest BCUT2D eigenvalue weighted by molar-refractivity contribution is -0.118. The molecule has 2 rings (SSSR count). The van der Waals surface area contributed by atoms with Gasteiger partial charge < -0.3 is 11.1 Å². The minimum atomic E-state index is -1.09. The summed E-state index contributed by atoms with van der Waals surface area (Å²) in [5.74, 6) is -1.35. The van der Waals surface area contributed by atoms with Gasteiger partial charge in [-0.15, -0.1) is 0 Å². The average molecular weight is 392 g/mol. The van der Waals surface area contributed by atoms with E-state index in [9.17, 15) is 9.18 Å². The van der Waals surface area contributed by atoms with Crippen molar-refractivity contribution in [3.63, 3.8) is 0 Å². The van der Waals surface area contributed by atoms with Gasteiger partial charge in [-0.05, 0) is 46.3 Å². The van der Waals surface area contributed by atoms with Gasteiger partial charge in [0.25, 0.3) is 0 Å². The van der Waals surface area contributed by atoms with Gasteiger partial charge in [-0.1, -0.05) is 29.3 Å². The van der Waals surface area contributed by atoms with Crippen molar-refractivity contribution in [2.24, 2.45) is 5.73 Å². The quantitative estimate of drug-likeness (QED) is 0.804. The third-order valence-corrected chi connectivity index (χ3v) is 4.35. The van der Waals surface area contributed by atoms with Crippen LogP contribution in [0.15, 0.2) is 40.9 Å². The van der Waals surface area contributed by atoms with Crippen LogP contribution in [0.3, 0.4) is 0 Å². The lowest BCUT2D eigenvalue weighted by Crippen LogP contribution is -2.28. The molecule has 0 saturated carbocycles. The first-order valence-electron chi connectivity index (χ1n) is 5.85. The Bertz CT molecular complexity index is 676. The second-order valence-electron chi connectivity index (χ2n) is 4.24. The Morgan fingerprint density at radius 2 is 1.95 bits per heavy atom. The third kappa shape index (κ3) is 3.67. The zero-order chi connectivity index (χ0) is 15.6. The molecule has 1 amide bonds. The first-order valence-corrected chi connectivity index (χ1v) is 7.40. The molecule has 1 unspecified atom stereocenters. The molecule has 2 aromatic carbocycles. The monoisotopic (exact) mass is 390 g/mol. The number of amides is 1. The van der Waals surface area contributed by atoms with E-state index in [1.165, 1.54) is 18.2 Å². The van der Waals surface area contributed by atoms with Crippen LogP contribution in [0.5, 0.6) is 0 Å². The van der Waals surface area contributed by atoms with E-state index in [2.05, 4.69) is 21.2 Å². The largest absolute Gasteiger partial charge is 0.370 e. The number of rotatable bonds is 4. The summed E-state index contributed by atoms with van der Waals surface area (Å²) in [6.45, 7) is 0. The van der Waals surface area contributed by atoms with E-state index >= 15 is 0 Å². The zero-order valence-electron chi connectivity index (χ0n) is 10.5. The van der Waals surface area contributed by atoms with Gasteiger partial charge in [0.1, 0.15) is 11.9 Å². The Labute approximate surface area is 139 Å². The fourth-order valence-electron chi connectivity index (χ4n) is 1.82. The Hall–Kier alpha value is -1.30. The van der Waals surface area contributed by atoms with Crippen molar-refractivity contribution in [1.29, 1.82) is 0 Å². The molecule has 1 atom stereocenters. The number of nitrogens with one attached hydrogen (secondary N) is 1. The molecule has 0 aliphatic heterocycles. The van der Waals surface area contributed by atoms with Crippen molar-refractivity contribution in [3.05, 3.63) is 62.3 Å². The first-order chi connectivity index (χ1) is 9.90. The van der Waals surface area contributed by atoms with E-state index in [1.54, 1.807) is 18.2 Å². The fraction of sp³-hybridized carbons (Fsp3) is 0.0714. The summed E-state index contributed by atoms with van der Waals surface area (Å²) in [6, 6.07) is 8.02. The molecule has 0 saturated heterocycles. The maximum absolute atomic E-state index is 13.9. The Balaban J connectivity index is 2.40. The molecule has 2 aromatic rings. The number of halogens is 4. The topological polar surface area (TPSA) is 55.1 Å². The molecule has 110 valence electrons. The van der Waals surface area contributed by atoms with Gasteiger partial charge in [0.15, 0.2) is 0 Å². The van der Waals surface area contributed by atoms with Crippen LogP contribution in [0.2, 0.25) is 10.0 Å². The molecule has 0 spiro atoms. The fourth-order valence-corrected chi connectivity index (χ4v) is 2.59. The van der Waals surface area contributed by atoms with Crippen molar-refractivity contribution in [2.75, 3.05) is 5.32 Å². The average Bonchev–Trinajstić information content (AvgIpc) is 2.41. The number of carbonyl (C=O) groups excluding carboxylic acids is 1. The van der Waals surface area contributed by atoms with Gasteiger partial charge >= 0.3 is 0 Å². The molecule has 3 nitrogen and oxygen atoms in total. The standard InChI is InChI=1S/C14H10BrCl2FN2O/c15-8-6-7(4-5-9(8)16)20-13(14(19)21)12-10(17)2-1-3-11(12)18/h1-6,13,20H,(H2,19,21). The van der Waals surface area contributed by atoms with Crippen LogP contribution in [0.25, 0.3) is 0 Å². The SMILES string of the molecule is NC(=O)C(Nc1ccc(Cl)c(Br)c1)c1c(F)cccc1Cl. The van der Waals surface area contributed by atoms with Crippen LogP contribution in [-0.4, -0.2) is 5.91 Å². The predicted molar refractivity (Wildman–Crippen MR) is 86.1 cm³/mol. The van der Waals surface area contributed by atoms with E-state index in [1.807, 2.05) is 0 Å². The summed E-state index contributed by atoms with van der Waals surface area (Å²) in [7, 11) is 0. The Morgan fingerprint density at radius 3 is 2.52 bits per heavy atom. The van der Waals surface area contributed by atoms with Gasteiger partial charge in [-0.2, -0.15) is 0 Å². The van der Waals surface area contributed by atoms with Crippen LogP contribution >= 0.6 is 39.1 Å². The second-order valence-corrected chi connectivity index (χ2v) is 5.91. The predicted octanol–water partition coefficient (Wildman–Crippen LogP) is 4.53. The number of hydrogen-bond donors (Lipinski definition) is 2. The summed E-state index contributed by atoms with van der Waals surface area (Å²) in [4.78, 5) is 11.7. The highest BCUT2D eigenvalue weighted by Gasteiger charge is 2.24. The molecule has 0 bridgehead atoms. The van der Waals surface area contributed by atoms with Crippen molar-refractivity contribution in [2.45, 2.75) is 6.04 Å². The molecule has 0 radical (unpaired) electrons. The van der Waals surface area contributed by atoms with Gasteiger partial charge in [-0.3, -0.25) is 4.79 Å². The summed E-state index contributed by atoms with van der Waals surface area (Å²) in [5.41, 5.74) is 5.92. The normalized spacial score (nSPS) is 12.0. The van der Waals surface area contributed by atoms with Gasteiger partial charge in [-0.25, -0.2) is 4.39 Å². The highest BCUT2D eigenvalue weighted by molar-refractivity contribution is 9.10. The van der Waals surface area contributed by atoms with Crippen LogP contribution in [0, 0.1) is 5.82 Å². The van der Waals surface area contributed by atoms with Crippen molar-refractivity contribution in [1.82, 2.24) is 0 Å². The van der Waals surface area contributed by atoms with Crippen LogP contribution < -0.4 is 11.1 Å². The number of nitrogens with two attached hydrogens (primary N) is 1. The van der Waals surface area contributed by atoms with E-state index in [-0.39, 0.29) is 10.6 Å². The maximum atomic E-state index is 13.9. The van der Waals surface area contributed by atoms with Crippen LogP contribution in [0.1, 0.15) is 11.6 Å². The Morgan fingerprint density at radius 1 is 1.24 bits per heavy atom. The van der Waals surface area contributed by atoms with Crippen molar-refractivity contribution in [3.8, 4) is 0 Å². The second kappa shape index (κ2) is 6.64. The molecular weight excluding hydrogens is 382 g/mol. The number of benzene rings is 2. The zero-order valence-corrected chi connectivity index (χ0v) is 13.6. The molecule has 7 heteroatoms. The molecule has 0 aromatic heterocycles. The lowest BCUT2D eigenvalue weighted by atomic mass is 10.0. The minimum Gasteiger partial charge on any atom is -0.370 e. The summed E-state index contributed by atoms with van der Waals surface area (Å²) in [5, 5.41) is 3.50.